The number of amides is 1. The Bertz CT molecular complexity index is 650. The molecule has 4 fully saturated rings. The van der Waals surface area contributed by atoms with Gasteiger partial charge >= 0.3 is 6.18 Å². The van der Waals surface area contributed by atoms with Gasteiger partial charge in [-0.1, -0.05) is 11.6 Å². The molecule has 0 aromatic heterocycles. The van der Waals surface area contributed by atoms with E-state index in [9.17, 15) is 18.0 Å². The predicted octanol–water partition coefficient (Wildman–Crippen LogP) is 5.51. The van der Waals surface area contributed by atoms with Crippen molar-refractivity contribution in [1.29, 1.82) is 0 Å². The third-order valence-electron chi connectivity index (χ3n) is 6.05. The lowest BCUT2D eigenvalue weighted by Crippen LogP contribution is -2.51. The monoisotopic (exact) mass is 357 g/mol. The molecule has 0 heterocycles. The van der Waals surface area contributed by atoms with E-state index in [4.69, 9.17) is 11.6 Å². The first kappa shape index (κ1) is 16.2. The lowest BCUT2D eigenvalue weighted by molar-refractivity contribution is -0.140. The number of halogens is 4. The number of rotatable bonds is 2. The molecule has 0 radical (unpaired) electrons. The fourth-order valence-corrected chi connectivity index (χ4v) is 5.70. The van der Waals surface area contributed by atoms with E-state index in [1.807, 2.05) is 0 Å². The molecule has 5 rings (SSSR count). The average molecular weight is 358 g/mol. The van der Waals surface area contributed by atoms with E-state index in [0.717, 1.165) is 25.3 Å². The molecule has 0 spiro atoms. The van der Waals surface area contributed by atoms with Crippen LogP contribution < -0.4 is 5.32 Å². The largest absolute Gasteiger partial charge is 0.417 e. The summed E-state index contributed by atoms with van der Waals surface area (Å²) >= 11 is 5.64. The molecule has 1 aromatic carbocycles. The van der Waals surface area contributed by atoms with Crippen LogP contribution >= 0.6 is 11.6 Å². The molecule has 1 N–H and O–H groups in total. The Kier molecular flexibility index (Phi) is 3.64. The van der Waals surface area contributed by atoms with Crippen LogP contribution in [0.1, 0.15) is 44.1 Å². The molecule has 0 aliphatic heterocycles. The molecule has 4 aliphatic carbocycles. The van der Waals surface area contributed by atoms with Crippen molar-refractivity contribution in [1.82, 2.24) is 0 Å². The normalized spacial score (nSPS) is 34.4. The summed E-state index contributed by atoms with van der Waals surface area (Å²) in [5, 5.41) is 2.39. The summed E-state index contributed by atoms with van der Waals surface area (Å²) < 4.78 is 38.9. The number of nitrogens with one attached hydrogen (secondary N) is 1. The van der Waals surface area contributed by atoms with E-state index in [-0.39, 0.29) is 22.0 Å². The lowest BCUT2D eigenvalue weighted by atomic mass is 9.49. The smallest absolute Gasteiger partial charge is 0.326 e. The zero-order valence-electron chi connectivity index (χ0n) is 13.1. The fourth-order valence-electron chi connectivity index (χ4n) is 5.47. The van der Waals surface area contributed by atoms with Gasteiger partial charge in [0.2, 0.25) is 5.91 Å². The van der Waals surface area contributed by atoms with Crippen LogP contribution in [0.25, 0.3) is 0 Å². The molecule has 1 amide bonds. The highest BCUT2D eigenvalue weighted by atomic mass is 35.5. The number of hydrogen-bond donors (Lipinski definition) is 1. The summed E-state index contributed by atoms with van der Waals surface area (Å²) in [6.07, 6.45) is 1.75. The Balaban J connectivity index is 1.57. The molecule has 4 bridgehead atoms. The van der Waals surface area contributed by atoms with Crippen LogP contribution in [0.4, 0.5) is 18.9 Å². The maximum absolute atomic E-state index is 13.0. The first-order chi connectivity index (χ1) is 11.2. The second-order valence-electron chi connectivity index (χ2n) is 7.84. The topological polar surface area (TPSA) is 29.1 Å². The van der Waals surface area contributed by atoms with Crippen LogP contribution in [0.2, 0.25) is 5.02 Å². The summed E-state index contributed by atoms with van der Waals surface area (Å²) in [7, 11) is 0. The van der Waals surface area contributed by atoms with Gasteiger partial charge in [0.15, 0.2) is 0 Å². The molecule has 130 valence electrons. The molecular weight excluding hydrogens is 339 g/mol. The molecule has 0 unspecified atom stereocenters. The molecule has 24 heavy (non-hydrogen) atoms. The van der Waals surface area contributed by atoms with E-state index in [1.165, 1.54) is 31.4 Å². The highest BCUT2D eigenvalue weighted by Gasteiger charge is 2.54. The third-order valence-corrected chi connectivity index (χ3v) is 6.38. The number of anilines is 1. The van der Waals surface area contributed by atoms with Crippen molar-refractivity contribution >= 4 is 23.2 Å². The van der Waals surface area contributed by atoms with Crippen molar-refractivity contribution < 1.29 is 18.0 Å². The van der Waals surface area contributed by atoms with Crippen LogP contribution in [-0.4, -0.2) is 5.91 Å². The molecule has 0 saturated heterocycles. The van der Waals surface area contributed by atoms with Gasteiger partial charge in [0.1, 0.15) is 0 Å². The standard InChI is InChI=1S/C18H19ClF3NO/c19-15-2-1-13(6-14(15)18(20,21)22)23-16(24)17-7-10-3-11(8-17)5-12(4-10)9-17/h1-2,6,10-12H,3-5,7-9H2,(H,23,24). The SMILES string of the molecule is O=C(Nc1ccc(Cl)c(C(F)(F)F)c1)C12CC3CC(CC(C3)C1)C2. The molecule has 0 atom stereocenters. The van der Waals surface area contributed by atoms with Gasteiger partial charge in [-0.25, -0.2) is 0 Å². The molecule has 4 saturated carbocycles. The van der Waals surface area contributed by atoms with Gasteiger partial charge in [0.25, 0.3) is 0 Å². The number of benzene rings is 1. The van der Waals surface area contributed by atoms with Crippen LogP contribution in [0.5, 0.6) is 0 Å². The van der Waals surface area contributed by atoms with Gasteiger partial charge in [-0.15, -0.1) is 0 Å². The van der Waals surface area contributed by atoms with Crippen LogP contribution in [0, 0.1) is 23.2 Å². The van der Waals surface area contributed by atoms with Crippen LogP contribution in [-0.2, 0) is 11.0 Å². The summed E-state index contributed by atoms with van der Waals surface area (Å²) in [5.74, 6) is 1.71. The van der Waals surface area contributed by atoms with Crippen molar-refractivity contribution in [2.75, 3.05) is 5.32 Å². The lowest BCUT2D eigenvalue weighted by Gasteiger charge is -2.55. The number of carbonyl (C=O) groups is 1. The maximum Gasteiger partial charge on any atom is 0.417 e. The summed E-state index contributed by atoms with van der Waals surface area (Å²) in [5.41, 5.74) is -1.12. The van der Waals surface area contributed by atoms with Gasteiger partial charge in [0.05, 0.1) is 16.0 Å². The first-order valence-corrected chi connectivity index (χ1v) is 8.81. The first-order valence-electron chi connectivity index (χ1n) is 8.43. The maximum atomic E-state index is 13.0. The van der Waals surface area contributed by atoms with Gasteiger partial charge < -0.3 is 5.32 Å². The van der Waals surface area contributed by atoms with Crippen molar-refractivity contribution in [3.63, 3.8) is 0 Å². The van der Waals surface area contributed by atoms with E-state index in [0.29, 0.717) is 17.8 Å². The number of carbonyl (C=O) groups excluding carboxylic acids is 1. The Morgan fingerprint density at radius 1 is 1.08 bits per heavy atom. The van der Waals surface area contributed by atoms with Crippen molar-refractivity contribution in [2.45, 2.75) is 44.7 Å². The molecule has 1 aromatic rings. The Labute approximate surface area is 143 Å². The Morgan fingerprint density at radius 2 is 1.62 bits per heavy atom. The average Bonchev–Trinajstić information content (AvgIpc) is 2.46. The highest BCUT2D eigenvalue weighted by molar-refractivity contribution is 6.31. The van der Waals surface area contributed by atoms with Crippen LogP contribution in [0.15, 0.2) is 18.2 Å². The predicted molar refractivity (Wildman–Crippen MR) is 85.7 cm³/mol. The second-order valence-corrected chi connectivity index (χ2v) is 8.25. The molecule has 6 heteroatoms. The highest BCUT2D eigenvalue weighted by Crippen LogP contribution is 2.60. The minimum Gasteiger partial charge on any atom is -0.326 e. The van der Waals surface area contributed by atoms with Gasteiger partial charge in [-0.2, -0.15) is 13.2 Å². The van der Waals surface area contributed by atoms with Crippen LogP contribution in [0.3, 0.4) is 0 Å². The van der Waals surface area contributed by atoms with Gasteiger partial charge in [-0.3, -0.25) is 4.79 Å². The molecule has 2 nitrogen and oxygen atoms in total. The van der Waals surface area contributed by atoms with E-state index in [2.05, 4.69) is 5.32 Å². The van der Waals surface area contributed by atoms with Crippen molar-refractivity contribution in [3.05, 3.63) is 28.8 Å². The van der Waals surface area contributed by atoms with Gasteiger partial charge in [0, 0.05) is 5.69 Å². The van der Waals surface area contributed by atoms with E-state index < -0.39 is 11.7 Å². The minimum atomic E-state index is -4.53. The second kappa shape index (κ2) is 5.38. The van der Waals surface area contributed by atoms with Crippen molar-refractivity contribution in [2.24, 2.45) is 23.2 Å². The Morgan fingerprint density at radius 3 is 2.12 bits per heavy atom. The zero-order chi connectivity index (χ0) is 17.1. The third kappa shape index (κ3) is 2.71. The molecular formula is C18H19ClF3NO. The summed E-state index contributed by atoms with van der Waals surface area (Å²) in [6, 6.07) is 3.57. The van der Waals surface area contributed by atoms with Crippen molar-refractivity contribution in [3.8, 4) is 0 Å². The van der Waals surface area contributed by atoms with E-state index in [1.54, 1.807) is 0 Å². The van der Waals surface area contributed by atoms with E-state index >= 15 is 0 Å². The zero-order valence-corrected chi connectivity index (χ0v) is 13.9. The summed E-state index contributed by atoms with van der Waals surface area (Å²) in [6.45, 7) is 0. The molecule has 4 aliphatic rings. The summed E-state index contributed by atoms with van der Waals surface area (Å²) in [4.78, 5) is 12.9. The minimum absolute atomic E-state index is 0.114. The number of hydrogen-bond acceptors (Lipinski definition) is 1. The number of alkyl halides is 3. The fraction of sp³-hybridized carbons (Fsp3) is 0.611. The Hall–Kier alpha value is -1.23. The quantitative estimate of drug-likeness (QED) is 0.742. The van der Waals surface area contributed by atoms with Gasteiger partial charge in [-0.05, 0) is 74.5 Å².